The molecule has 0 radical (unpaired) electrons. The Hall–Kier alpha value is -2.77. The molecule has 26 heavy (non-hydrogen) atoms. The van der Waals surface area contributed by atoms with Gasteiger partial charge in [-0.3, -0.25) is 20.2 Å². The zero-order valence-electron chi connectivity index (χ0n) is 15.0. The van der Waals surface area contributed by atoms with Gasteiger partial charge in [0, 0.05) is 41.6 Å². The second kappa shape index (κ2) is 11.0. The summed E-state index contributed by atoms with van der Waals surface area (Å²) in [4.78, 5) is 32.8. The van der Waals surface area contributed by atoms with Gasteiger partial charge < -0.3 is 4.74 Å². The third kappa shape index (κ3) is 7.42. The van der Waals surface area contributed by atoms with Gasteiger partial charge in [-0.1, -0.05) is 25.1 Å². The number of nitrogens with zero attached hydrogens (tertiary/aromatic N) is 2. The molecule has 8 nitrogen and oxygen atoms in total. The zero-order chi connectivity index (χ0) is 19.5. The minimum atomic E-state index is -0.796. The SMILES string of the molecule is C/C=C/C(=O)Oc1ccc(CC(CCCC(CC)[N+](=O)[O-])[N+](=O)[O-])cc1. The van der Waals surface area contributed by atoms with E-state index in [0.29, 0.717) is 25.0 Å². The quantitative estimate of drug-likeness (QED) is 0.195. The van der Waals surface area contributed by atoms with Gasteiger partial charge in [-0.15, -0.1) is 0 Å². The van der Waals surface area contributed by atoms with Gasteiger partial charge in [-0.05, 0) is 31.0 Å². The van der Waals surface area contributed by atoms with Crippen LogP contribution in [0.4, 0.5) is 0 Å². The number of carbonyl (C=O) groups is 1. The Labute approximate surface area is 152 Å². The van der Waals surface area contributed by atoms with Crippen LogP contribution in [0.2, 0.25) is 0 Å². The number of hydrogen-bond acceptors (Lipinski definition) is 6. The number of allylic oxidation sites excluding steroid dienone is 1. The number of nitro groups is 2. The van der Waals surface area contributed by atoms with Crippen LogP contribution in [0.25, 0.3) is 0 Å². The monoisotopic (exact) mass is 364 g/mol. The first kappa shape index (κ1) is 21.3. The first-order chi connectivity index (χ1) is 12.4. The Bertz CT molecular complexity index is 642. The van der Waals surface area contributed by atoms with Gasteiger partial charge >= 0.3 is 5.97 Å². The smallest absolute Gasteiger partial charge is 0.335 e. The molecule has 0 saturated heterocycles. The van der Waals surface area contributed by atoms with Crippen molar-refractivity contribution in [2.24, 2.45) is 0 Å². The summed E-state index contributed by atoms with van der Waals surface area (Å²) in [5.74, 6) is -0.119. The molecule has 2 unspecified atom stereocenters. The maximum Gasteiger partial charge on any atom is 0.335 e. The van der Waals surface area contributed by atoms with Crippen LogP contribution in [-0.4, -0.2) is 27.9 Å². The van der Waals surface area contributed by atoms with Crippen molar-refractivity contribution in [1.82, 2.24) is 0 Å². The van der Waals surface area contributed by atoms with Crippen LogP contribution in [0, 0.1) is 20.2 Å². The molecule has 0 aliphatic rings. The standard InChI is InChI=1S/C18H24N2O6/c1-3-6-18(21)26-17-11-9-14(10-12-17)13-16(20(24)25)8-5-7-15(4-2)19(22)23/h3,6,9-12,15-16H,4-5,7-8,13H2,1-2H3/b6-3+. The molecule has 0 aliphatic heterocycles. The van der Waals surface area contributed by atoms with Gasteiger partial charge in [0.1, 0.15) is 5.75 Å². The zero-order valence-corrected chi connectivity index (χ0v) is 15.0. The first-order valence-corrected chi connectivity index (χ1v) is 8.57. The highest BCUT2D eigenvalue weighted by Gasteiger charge is 2.23. The molecule has 1 rings (SSSR count). The van der Waals surface area contributed by atoms with Crippen LogP contribution in [0.3, 0.4) is 0 Å². The molecular weight excluding hydrogens is 340 g/mol. The summed E-state index contributed by atoms with van der Waals surface area (Å²) >= 11 is 0. The molecular formula is C18H24N2O6. The molecule has 142 valence electrons. The van der Waals surface area contributed by atoms with E-state index in [-0.39, 0.29) is 22.7 Å². The molecule has 0 saturated carbocycles. The van der Waals surface area contributed by atoms with Crippen LogP contribution in [0.1, 0.15) is 45.1 Å². The lowest BCUT2D eigenvalue weighted by molar-refractivity contribution is -0.528. The second-order valence-corrected chi connectivity index (χ2v) is 5.99. The summed E-state index contributed by atoms with van der Waals surface area (Å²) in [7, 11) is 0. The summed E-state index contributed by atoms with van der Waals surface area (Å²) in [5, 5.41) is 22.1. The summed E-state index contributed by atoms with van der Waals surface area (Å²) in [6, 6.07) is 5.10. The number of benzene rings is 1. The Balaban J connectivity index is 2.60. The van der Waals surface area contributed by atoms with Gasteiger partial charge in [0.2, 0.25) is 12.1 Å². The molecule has 2 atom stereocenters. The van der Waals surface area contributed by atoms with Gasteiger partial charge in [0.15, 0.2) is 0 Å². The van der Waals surface area contributed by atoms with Gasteiger partial charge in [-0.2, -0.15) is 0 Å². The molecule has 0 N–H and O–H groups in total. The maximum atomic E-state index is 11.4. The number of rotatable bonds is 11. The molecule has 0 fully saturated rings. The third-order valence-corrected chi connectivity index (χ3v) is 4.06. The lowest BCUT2D eigenvalue weighted by Gasteiger charge is -2.11. The van der Waals surface area contributed by atoms with E-state index in [1.807, 2.05) is 0 Å². The van der Waals surface area contributed by atoms with Crippen molar-refractivity contribution in [1.29, 1.82) is 0 Å². The third-order valence-electron chi connectivity index (χ3n) is 4.06. The summed E-state index contributed by atoms with van der Waals surface area (Å²) < 4.78 is 5.06. The van der Waals surface area contributed by atoms with E-state index in [1.54, 1.807) is 44.2 Å². The highest BCUT2D eigenvalue weighted by molar-refractivity contribution is 5.83. The summed E-state index contributed by atoms with van der Waals surface area (Å²) in [6.07, 6.45) is 4.58. The Morgan fingerprint density at radius 3 is 2.19 bits per heavy atom. The van der Waals surface area contributed by atoms with E-state index in [1.165, 1.54) is 6.08 Å². The molecule has 1 aromatic carbocycles. The number of carbonyl (C=O) groups excluding carboxylic acids is 1. The highest BCUT2D eigenvalue weighted by Crippen LogP contribution is 2.18. The lowest BCUT2D eigenvalue weighted by atomic mass is 9.99. The molecule has 0 spiro atoms. The van der Waals surface area contributed by atoms with E-state index in [9.17, 15) is 25.0 Å². The second-order valence-electron chi connectivity index (χ2n) is 5.99. The summed E-state index contributed by atoms with van der Waals surface area (Å²) in [6.45, 7) is 3.44. The minimum absolute atomic E-state index is 0.228. The Morgan fingerprint density at radius 2 is 1.69 bits per heavy atom. The largest absolute Gasteiger partial charge is 0.423 e. The fourth-order valence-corrected chi connectivity index (χ4v) is 2.58. The van der Waals surface area contributed by atoms with Crippen LogP contribution in [0.5, 0.6) is 5.75 Å². The molecule has 0 aromatic heterocycles. The molecule has 0 heterocycles. The molecule has 0 amide bonds. The van der Waals surface area contributed by atoms with Crippen molar-refractivity contribution in [2.75, 3.05) is 0 Å². The molecule has 0 bridgehead atoms. The predicted molar refractivity (Wildman–Crippen MR) is 96.3 cm³/mol. The Kier molecular flexibility index (Phi) is 8.97. The van der Waals surface area contributed by atoms with Crippen LogP contribution in [0.15, 0.2) is 36.4 Å². The minimum Gasteiger partial charge on any atom is -0.423 e. The van der Waals surface area contributed by atoms with E-state index in [0.717, 1.165) is 5.56 Å². The number of ether oxygens (including phenoxy) is 1. The van der Waals surface area contributed by atoms with Crippen LogP contribution >= 0.6 is 0 Å². The molecule has 0 aliphatic carbocycles. The van der Waals surface area contributed by atoms with Crippen LogP contribution < -0.4 is 4.74 Å². The van der Waals surface area contributed by atoms with E-state index >= 15 is 0 Å². The van der Waals surface area contributed by atoms with Crippen LogP contribution in [-0.2, 0) is 11.2 Å². The van der Waals surface area contributed by atoms with E-state index < -0.39 is 18.1 Å². The van der Waals surface area contributed by atoms with Gasteiger partial charge in [0.25, 0.3) is 0 Å². The van der Waals surface area contributed by atoms with Crippen molar-refractivity contribution in [3.63, 3.8) is 0 Å². The predicted octanol–water partition coefficient (Wildman–Crippen LogP) is 3.58. The number of esters is 1. The van der Waals surface area contributed by atoms with Crippen molar-refractivity contribution in [3.05, 3.63) is 62.2 Å². The fraction of sp³-hybridized carbons (Fsp3) is 0.500. The van der Waals surface area contributed by atoms with Crippen molar-refractivity contribution in [2.45, 2.75) is 58.0 Å². The van der Waals surface area contributed by atoms with E-state index in [4.69, 9.17) is 4.74 Å². The van der Waals surface area contributed by atoms with Gasteiger partial charge in [0.05, 0.1) is 0 Å². The maximum absolute atomic E-state index is 11.4. The normalized spacial score (nSPS) is 13.3. The molecule has 8 heteroatoms. The number of hydrogen-bond donors (Lipinski definition) is 0. The lowest BCUT2D eigenvalue weighted by Crippen LogP contribution is -2.24. The Morgan fingerprint density at radius 1 is 1.12 bits per heavy atom. The van der Waals surface area contributed by atoms with Crippen molar-refractivity contribution < 1.29 is 19.4 Å². The average Bonchev–Trinajstić information content (AvgIpc) is 2.58. The summed E-state index contributed by atoms with van der Waals surface area (Å²) in [5.41, 5.74) is 0.749. The highest BCUT2D eigenvalue weighted by atomic mass is 16.6. The molecule has 1 aromatic rings. The van der Waals surface area contributed by atoms with Crippen molar-refractivity contribution in [3.8, 4) is 5.75 Å². The first-order valence-electron chi connectivity index (χ1n) is 8.57. The average molecular weight is 364 g/mol. The fourth-order valence-electron chi connectivity index (χ4n) is 2.58. The van der Waals surface area contributed by atoms with Gasteiger partial charge in [-0.25, -0.2) is 4.79 Å². The topological polar surface area (TPSA) is 113 Å². The van der Waals surface area contributed by atoms with Crippen molar-refractivity contribution >= 4 is 5.97 Å². The van der Waals surface area contributed by atoms with E-state index in [2.05, 4.69) is 0 Å².